The maximum absolute atomic E-state index is 12.7. The first-order valence-corrected chi connectivity index (χ1v) is 3.17. The number of allylic oxidation sites excluding steroid dienone is 1. The zero-order chi connectivity index (χ0) is 8.59. The van der Waals surface area contributed by atoms with Crippen LogP contribution in [-0.2, 0) is 4.79 Å². The SMILES string of the molecule is C=C1NC(C)=C(C)C(=O)N1F. The number of hydrogen-bond donors (Lipinski definition) is 1. The Labute approximate surface area is 64.1 Å². The van der Waals surface area contributed by atoms with Gasteiger partial charge in [0.05, 0.1) is 0 Å². The number of amides is 1. The Balaban J connectivity index is 3.04. The fourth-order valence-electron chi connectivity index (χ4n) is 0.789. The van der Waals surface area contributed by atoms with E-state index in [1.807, 2.05) is 0 Å². The molecule has 3 nitrogen and oxygen atoms in total. The molecule has 0 radical (unpaired) electrons. The van der Waals surface area contributed by atoms with E-state index in [0.717, 1.165) is 0 Å². The second-order valence-corrected chi connectivity index (χ2v) is 2.41. The summed E-state index contributed by atoms with van der Waals surface area (Å²) in [7, 11) is 0. The van der Waals surface area contributed by atoms with Crippen LogP contribution < -0.4 is 5.32 Å². The molecule has 0 bridgehead atoms. The van der Waals surface area contributed by atoms with Crippen molar-refractivity contribution in [3.63, 3.8) is 0 Å². The molecule has 1 aliphatic rings. The molecule has 11 heavy (non-hydrogen) atoms. The lowest BCUT2D eigenvalue weighted by atomic mass is 10.2. The van der Waals surface area contributed by atoms with Gasteiger partial charge in [0, 0.05) is 11.3 Å². The average Bonchev–Trinajstić information content (AvgIpc) is 1.97. The summed E-state index contributed by atoms with van der Waals surface area (Å²) in [6.45, 7) is 6.57. The van der Waals surface area contributed by atoms with Crippen LogP contribution in [0.15, 0.2) is 23.7 Å². The third-order valence-corrected chi connectivity index (χ3v) is 1.63. The van der Waals surface area contributed by atoms with Gasteiger partial charge < -0.3 is 5.32 Å². The molecule has 0 atom stereocenters. The molecule has 0 aromatic heterocycles. The highest BCUT2D eigenvalue weighted by atomic mass is 19.2. The minimum Gasteiger partial charge on any atom is -0.343 e. The van der Waals surface area contributed by atoms with Gasteiger partial charge in [0.25, 0.3) is 5.91 Å². The fourth-order valence-corrected chi connectivity index (χ4v) is 0.789. The molecule has 1 rings (SSSR count). The van der Waals surface area contributed by atoms with Gasteiger partial charge in [-0.3, -0.25) is 4.79 Å². The molecule has 60 valence electrons. The first kappa shape index (κ1) is 7.78. The molecule has 0 aromatic rings. The van der Waals surface area contributed by atoms with E-state index in [1.54, 1.807) is 13.8 Å². The van der Waals surface area contributed by atoms with Crippen molar-refractivity contribution in [1.82, 2.24) is 10.4 Å². The van der Waals surface area contributed by atoms with Crippen LogP contribution in [-0.4, -0.2) is 11.0 Å². The molecule has 0 spiro atoms. The molecule has 0 saturated heterocycles. The molecular formula is C7H9FN2O. The van der Waals surface area contributed by atoms with E-state index >= 15 is 0 Å². The summed E-state index contributed by atoms with van der Waals surface area (Å²) < 4.78 is 12.7. The third kappa shape index (κ3) is 1.11. The highest BCUT2D eigenvalue weighted by Gasteiger charge is 2.24. The Bertz CT molecular complexity index is 257. The number of nitrogens with zero attached hydrogens (tertiary/aromatic N) is 1. The smallest absolute Gasteiger partial charge is 0.285 e. The molecule has 0 aromatic carbocycles. The lowest BCUT2D eigenvalue weighted by molar-refractivity contribution is -0.138. The van der Waals surface area contributed by atoms with Crippen LogP contribution in [0.25, 0.3) is 0 Å². The molecular weight excluding hydrogens is 147 g/mol. The number of carbonyl (C=O) groups is 1. The normalized spacial score (nSPS) is 19.0. The minimum absolute atomic E-state index is 0.00231. The van der Waals surface area contributed by atoms with Gasteiger partial charge in [0.15, 0.2) is 0 Å². The highest BCUT2D eigenvalue weighted by molar-refractivity contribution is 5.94. The summed E-state index contributed by atoms with van der Waals surface area (Å²) in [6.07, 6.45) is 0. The molecule has 1 amide bonds. The van der Waals surface area contributed by atoms with Crippen molar-refractivity contribution >= 4 is 5.91 Å². The quantitative estimate of drug-likeness (QED) is 0.532. The first-order valence-electron chi connectivity index (χ1n) is 3.17. The van der Waals surface area contributed by atoms with E-state index in [9.17, 15) is 9.28 Å². The summed E-state index contributed by atoms with van der Waals surface area (Å²) in [6, 6.07) is 0. The molecule has 0 unspecified atom stereocenters. The summed E-state index contributed by atoms with van der Waals surface area (Å²) in [5.74, 6) is -0.677. The van der Waals surface area contributed by atoms with Gasteiger partial charge in [-0.15, -0.1) is 5.12 Å². The fraction of sp³-hybridized carbons (Fsp3) is 0.286. The summed E-state index contributed by atoms with van der Waals surface area (Å²) in [5, 5.41) is 2.63. The van der Waals surface area contributed by atoms with Crippen LogP contribution in [0.3, 0.4) is 0 Å². The molecule has 4 heteroatoms. The average molecular weight is 156 g/mol. The molecule has 0 fully saturated rings. The van der Waals surface area contributed by atoms with Gasteiger partial charge >= 0.3 is 0 Å². The number of halogens is 1. The highest BCUT2D eigenvalue weighted by Crippen LogP contribution is 2.16. The van der Waals surface area contributed by atoms with Crippen molar-refractivity contribution in [1.29, 1.82) is 0 Å². The Morgan fingerprint density at radius 3 is 2.64 bits per heavy atom. The van der Waals surface area contributed by atoms with Crippen LogP contribution in [0, 0.1) is 0 Å². The van der Waals surface area contributed by atoms with Gasteiger partial charge in [0.1, 0.15) is 5.82 Å². The predicted octanol–water partition coefficient (Wildman–Crippen LogP) is 1.07. The lowest BCUT2D eigenvalue weighted by Gasteiger charge is -2.23. The van der Waals surface area contributed by atoms with Crippen LogP contribution in [0.2, 0.25) is 0 Å². The Morgan fingerprint density at radius 1 is 1.55 bits per heavy atom. The van der Waals surface area contributed by atoms with E-state index in [0.29, 0.717) is 11.3 Å². The van der Waals surface area contributed by atoms with Crippen molar-refractivity contribution in [3.8, 4) is 0 Å². The van der Waals surface area contributed by atoms with Crippen LogP contribution in [0.4, 0.5) is 4.48 Å². The predicted molar refractivity (Wildman–Crippen MR) is 38.6 cm³/mol. The van der Waals surface area contributed by atoms with Gasteiger partial charge in [-0.05, 0) is 13.8 Å². The number of hydrogen-bond acceptors (Lipinski definition) is 2. The standard InChI is InChI=1S/C7H9FN2O/c1-4-5(2)9-6(3)10(8)7(4)11/h9H,3H2,1-2H3. The second-order valence-electron chi connectivity index (χ2n) is 2.41. The summed E-state index contributed by atoms with van der Waals surface area (Å²) in [5.41, 5.74) is 1.02. The zero-order valence-electron chi connectivity index (χ0n) is 6.44. The van der Waals surface area contributed by atoms with Gasteiger partial charge in [0.2, 0.25) is 0 Å². The van der Waals surface area contributed by atoms with Gasteiger partial charge in [-0.25, -0.2) is 0 Å². The Morgan fingerprint density at radius 2 is 2.09 bits per heavy atom. The third-order valence-electron chi connectivity index (χ3n) is 1.63. The van der Waals surface area contributed by atoms with Crippen molar-refractivity contribution in [2.75, 3.05) is 0 Å². The molecule has 1 heterocycles. The summed E-state index contributed by atoms with van der Waals surface area (Å²) >= 11 is 0. The van der Waals surface area contributed by atoms with Gasteiger partial charge in [-0.2, -0.15) is 0 Å². The summed E-state index contributed by atoms with van der Waals surface area (Å²) in [4.78, 5) is 10.9. The van der Waals surface area contributed by atoms with Crippen molar-refractivity contribution in [2.45, 2.75) is 13.8 Å². The Kier molecular flexibility index (Phi) is 1.68. The Hall–Kier alpha value is -1.32. The van der Waals surface area contributed by atoms with E-state index in [-0.39, 0.29) is 10.9 Å². The van der Waals surface area contributed by atoms with E-state index in [2.05, 4.69) is 11.9 Å². The van der Waals surface area contributed by atoms with Crippen molar-refractivity contribution < 1.29 is 9.28 Å². The lowest BCUT2D eigenvalue weighted by Crippen LogP contribution is -2.36. The van der Waals surface area contributed by atoms with Crippen molar-refractivity contribution in [2.24, 2.45) is 0 Å². The van der Waals surface area contributed by atoms with Crippen LogP contribution in [0.1, 0.15) is 13.8 Å². The van der Waals surface area contributed by atoms with E-state index in [1.165, 1.54) is 0 Å². The number of carbonyl (C=O) groups excluding carboxylic acids is 1. The maximum atomic E-state index is 12.7. The van der Waals surface area contributed by atoms with E-state index < -0.39 is 5.91 Å². The van der Waals surface area contributed by atoms with Crippen molar-refractivity contribution in [3.05, 3.63) is 23.7 Å². The topological polar surface area (TPSA) is 32.3 Å². The molecule has 1 N–H and O–H groups in total. The first-order chi connectivity index (χ1) is 5.04. The molecule has 0 aliphatic carbocycles. The van der Waals surface area contributed by atoms with Crippen LogP contribution >= 0.6 is 0 Å². The monoisotopic (exact) mass is 156 g/mol. The minimum atomic E-state index is -0.647. The second kappa shape index (κ2) is 2.38. The zero-order valence-corrected chi connectivity index (χ0v) is 6.44. The number of nitrogens with one attached hydrogen (secondary N) is 1. The molecule has 1 aliphatic heterocycles. The maximum Gasteiger partial charge on any atom is 0.285 e. The van der Waals surface area contributed by atoms with Crippen LogP contribution in [0.5, 0.6) is 0 Å². The molecule has 0 saturated carbocycles. The number of rotatable bonds is 0. The largest absolute Gasteiger partial charge is 0.343 e. The van der Waals surface area contributed by atoms with Gasteiger partial charge in [-0.1, -0.05) is 11.1 Å². The van der Waals surface area contributed by atoms with E-state index in [4.69, 9.17) is 0 Å².